The number of carbonyl (C=O) groups is 1. The maximum atomic E-state index is 12.1. The van der Waals surface area contributed by atoms with E-state index in [1.807, 2.05) is 24.4 Å². The first-order valence-corrected chi connectivity index (χ1v) is 6.08. The molecule has 1 aromatic carbocycles. The van der Waals surface area contributed by atoms with E-state index in [0.717, 1.165) is 12.0 Å². The van der Waals surface area contributed by atoms with Gasteiger partial charge in [-0.05, 0) is 11.5 Å². The number of rotatable bonds is 3. The first kappa shape index (κ1) is 11.8. The van der Waals surface area contributed by atoms with E-state index in [1.54, 1.807) is 5.01 Å². The second-order valence-electron chi connectivity index (χ2n) is 4.80. The number of amides is 1. The first-order valence-electron chi connectivity index (χ1n) is 6.08. The summed E-state index contributed by atoms with van der Waals surface area (Å²) in [6.45, 7) is 4.10. The molecule has 0 radical (unpaired) electrons. The largest absolute Gasteiger partial charge is 0.273 e. The van der Waals surface area contributed by atoms with Crippen LogP contribution in [0.2, 0.25) is 0 Å². The van der Waals surface area contributed by atoms with Crippen LogP contribution in [0.1, 0.15) is 38.3 Å². The normalized spacial score (nSPS) is 19.0. The molecule has 3 heteroatoms. The summed E-state index contributed by atoms with van der Waals surface area (Å²) < 4.78 is 0. The summed E-state index contributed by atoms with van der Waals surface area (Å²) >= 11 is 0. The van der Waals surface area contributed by atoms with Gasteiger partial charge >= 0.3 is 0 Å². The molecule has 1 atom stereocenters. The summed E-state index contributed by atoms with van der Waals surface area (Å²) in [6.07, 6.45) is 3.20. The van der Waals surface area contributed by atoms with Crippen molar-refractivity contribution in [3.05, 3.63) is 35.9 Å². The molecule has 0 saturated carbocycles. The lowest BCUT2D eigenvalue weighted by molar-refractivity contribution is -0.133. The highest BCUT2D eigenvalue weighted by Crippen LogP contribution is 2.28. The Bertz CT molecular complexity index is 411. The van der Waals surface area contributed by atoms with Gasteiger partial charge in [0.1, 0.15) is 0 Å². The average Bonchev–Trinajstić information content (AvgIpc) is 2.78. The quantitative estimate of drug-likeness (QED) is 0.785. The van der Waals surface area contributed by atoms with Gasteiger partial charge in [-0.1, -0.05) is 44.2 Å². The molecular formula is C14H18N2O. The lowest BCUT2D eigenvalue weighted by Gasteiger charge is -2.22. The van der Waals surface area contributed by atoms with Gasteiger partial charge in [0.2, 0.25) is 5.91 Å². The molecular weight excluding hydrogens is 212 g/mol. The highest BCUT2D eigenvalue weighted by Gasteiger charge is 2.27. The predicted octanol–water partition coefficient (Wildman–Crippen LogP) is 2.99. The summed E-state index contributed by atoms with van der Waals surface area (Å²) in [5.41, 5.74) is 1.15. The van der Waals surface area contributed by atoms with Crippen LogP contribution in [0, 0.1) is 5.92 Å². The molecule has 0 spiro atoms. The summed E-state index contributed by atoms with van der Waals surface area (Å²) in [7, 11) is 0. The van der Waals surface area contributed by atoms with E-state index >= 15 is 0 Å². The molecule has 1 amide bonds. The smallest absolute Gasteiger partial charge is 0.243 e. The van der Waals surface area contributed by atoms with Crippen molar-refractivity contribution in [3.63, 3.8) is 0 Å². The minimum atomic E-state index is 0.0856. The van der Waals surface area contributed by atoms with Gasteiger partial charge in [-0.3, -0.25) is 4.79 Å². The Morgan fingerprint density at radius 2 is 2.12 bits per heavy atom. The van der Waals surface area contributed by atoms with Gasteiger partial charge in [-0.25, -0.2) is 5.01 Å². The molecule has 2 rings (SSSR count). The molecule has 0 saturated heterocycles. The van der Waals surface area contributed by atoms with E-state index < -0.39 is 0 Å². The van der Waals surface area contributed by atoms with Gasteiger partial charge in [0.25, 0.3) is 0 Å². The Morgan fingerprint density at radius 3 is 2.76 bits per heavy atom. The zero-order valence-corrected chi connectivity index (χ0v) is 10.3. The summed E-state index contributed by atoms with van der Waals surface area (Å²) in [5, 5.41) is 5.84. The van der Waals surface area contributed by atoms with Gasteiger partial charge in [0.15, 0.2) is 0 Å². The third-order valence-corrected chi connectivity index (χ3v) is 2.85. The molecule has 1 heterocycles. The second-order valence-corrected chi connectivity index (χ2v) is 4.80. The van der Waals surface area contributed by atoms with Crippen molar-refractivity contribution in [2.45, 2.75) is 32.7 Å². The highest BCUT2D eigenvalue weighted by atomic mass is 16.2. The van der Waals surface area contributed by atoms with Crippen molar-refractivity contribution < 1.29 is 4.79 Å². The van der Waals surface area contributed by atoms with Gasteiger partial charge in [-0.2, -0.15) is 5.10 Å². The van der Waals surface area contributed by atoms with Gasteiger partial charge in [0.05, 0.1) is 6.04 Å². The van der Waals surface area contributed by atoms with E-state index in [9.17, 15) is 4.79 Å². The number of benzene rings is 1. The second kappa shape index (κ2) is 5.13. The SMILES string of the molecule is CC(C)CC(=O)N1N=CCC1c1ccccc1. The van der Waals surface area contributed by atoms with Crippen LogP contribution in [-0.2, 0) is 4.79 Å². The van der Waals surface area contributed by atoms with Crippen LogP contribution in [0.5, 0.6) is 0 Å². The minimum Gasteiger partial charge on any atom is -0.273 e. The first-order chi connectivity index (χ1) is 8.18. The lowest BCUT2D eigenvalue weighted by Crippen LogP contribution is -2.27. The van der Waals surface area contributed by atoms with E-state index in [2.05, 4.69) is 31.1 Å². The standard InChI is InChI=1S/C14H18N2O/c1-11(2)10-14(17)16-13(8-9-15-16)12-6-4-3-5-7-12/h3-7,9,11,13H,8,10H2,1-2H3. The topological polar surface area (TPSA) is 32.7 Å². The lowest BCUT2D eigenvalue weighted by atomic mass is 10.0. The fourth-order valence-corrected chi connectivity index (χ4v) is 2.05. The van der Waals surface area contributed by atoms with Crippen LogP contribution < -0.4 is 0 Å². The van der Waals surface area contributed by atoms with Crippen LogP contribution in [0.4, 0.5) is 0 Å². The van der Waals surface area contributed by atoms with Crippen molar-refractivity contribution in [2.75, 3.05) is 0 Å². The van der Waals surface area contributed by atoms with Crippen LogP contribution in [0.15, 0.2) is 35.4 Å². The number of hydrogen-bond acceptors (Lipinski definition) is 2. The Labute approximate surface area is 102 Å². The average molecular weight is 230 g/mol. The van der Waals surface area contributed by atoms with E-state index in [1.165, 1.54) is 0 Å². The molecule has 0 N–H and O–H groups in total. The molecule has 1 aliphatic heterocycles. The Morgan fingerprint density at radius 1 is 1.41 bits per heavy atom. The number of carbonyl (C=O) groups excluding carboxylic acids is 1. The van der Waals surface area contributed by atoms with E-state index in [-0.39, 0.29) is 11.9 Å². The van der Waals surface area contributed by atoms with Crippen LogP contribution in [0.25, 0.3) is 0 Å². The third kappa shape index (κ3) is 2.73. The molecule has 1 aromatic rings. The molecule has 0 aromatic heterocycles. The van der Waals surface area contributed by atoms with Crippen molar-refractivity contribution in [3.8, 4) is 0 Å². The Hall–Kier alpha value is -1.64. The van der Waals surface area contributed by atoms with Crippen LogP contribution in [0.3, 0.4) is 0 Å². The third-order valence-electron chi connectivity index (χ3n) is 2.85. The summed E-state index contributed by atoms with van der Waals surface area (Å²) in [6, 6.07) is 10.2. The molecule has 1 unspecified atom stereocenters. The van der Waals surface area contributed by atoms with Gasteiger partial charge in [0, 0.05) is 19.1 Å². The summed E-state index contributed by atoms with van der Waals surface area (Å²) in [4.78, 5) is 12.1. The number of hydrogen-bond donors (Lipinski definition) is 0. The van der Waals surface area contributed by atoms with Crippen LogP contribution in [-0.4, -0.2) is 17.1 Å². The fraction of sp³-hybridized carbons (Fsp3) is 0.429. The maximum Gasteiger partial charge on any atom is 0.243 e. The van der Waals surface area contributed by atoms with Gasteiger partial charge < -0.3 is 0 Å². The Balaban J connectivity index is 2.12. The zero-order valence-electron chi connectivity index (χ0n) is 10.3. The van der Waals surface area contributed by atoms with Crippen molar-refractivity contribution in [2.24, 2.45) is 11.0 Å². The van der Waals surface area contributed by atoms with E-state index in [4.69, 9.17) is 0 Å². The van der Waals surface area contributed by atoms with Crippen molar-refractivity contribution in [1.29, 1.82) is 0 Å². The highest BCUT2D eigenvalue weighted by molar-refractivity contribution is 5.80. The molecule has 17 heavy (non-hydrogen) atoms. The molecule has 3 nitrogen and oxygen atoms in total. The maximum absolute atomic E-state index is 12.1. The zero-order chi connectivity index (χ0) is 12.3. The molecule has 0 bridgehead atoms. The fourth-order valence-electron chi connectivity index (χ4n) is 2.05. The van der Waals surface area contributed by atoms with Crippen molar-refractivity contribution in [1.82, 2.24) is 5.01 Å². The molecule has 1 aliphatic rings. The molecule has 90 valence electrons. The van der Waals surface area contributed by atoms with Crippen LogP contribution >= 0.6 is 0 Å². The predicted molar refractivity (Wildman–Crippen MR) is 68.6 cm³/mol. The monoisotopic (exact) mass is 230 g/mol. The minimum absolute atomic E-state index is 0.0856. The Kier molecular flexibility index (Phi) is 3.57. The van der Waals surface area contributed by atoms with E-state index in [0.29, 0.717) is 12.3 Å². The molecule has 0 aliphatic carbocycles. The van der Waals surface area contributed by atoms with Gasteiger partial charge in [-0.15, -0.1) is 0 Å². The molecule has 0 fully saturated rings. The number of nitrogens with zero attached hydrogens (tertiary/aromatic N) is 2. The number of hydrazone groups is 1. The summed E-state index contributed by atoms with van der Waals surface area (Å²) in [5.74, 6) is 0.484. The van der Waals surface area contributed by atoms with Crippen molar-refractivity contribution >= 4 is 12.1 Å².